The van der Waals surface area contributed by atoms with Gasteiger partial charge in [0.05, 0.1) is 6.42 Å². The monoisotopic (exact) mass is 240 g/mol. The SMILES string of the molecule is CC1(CC(=O)O)CCCCCCCCCCC1. The van der Waals surface area contributed by atoms with E-state index >= 15 is 0 Å². The second kappa shape index (κ2) is 7.73. The lowest BCUT2D eigenvalue weighted by molar-refractivity contribution is -0.139. The predicted octanol–water partition coefficient (Wildman–Crippen LogP) is 4.77. The average Bonchev–Trinajstić information content (AvgIpc) is 2.22. The van der Waals surface area contributed by atoms with Gasteiger partial charge in [0.15, 0.2) is 0 Å². The van der Waals surface area contributed by atoms with E-state index in [0.29, 0.717) is 6.42 Å². The third-order valence-electron chi connectivity index (χ3n) is 4.14. The molecule has 2 heteroatoms. The summed E-state index contributed by atoms with van der Waals surface area (Å²) in [4.78, 5) is 10.9. The molecular formula is C15H28O2. The van der Waals surface area contributed by atoms with Crippen molar-refractivity contribution in [2.75, 3.05) is 0 Å². The zero-order valence-electron chi connectivity index (χ0n) is 11.3. The molecule has 0 bridgehead atoms. The van der Waals surface area contributed by atoms with Crippen LogP contribution in [0.3, 0.4) is 0 Å². The number of carboxylic acids is 1. The van der Waals surface area contributed by atoms with Gasteiger partial charge >= 0.3 is 5.97 Å². The summed E-state index contributed by atoms with van der Waals surface area (Å²) in [5.74, 6) is -0.625. The van der Waals surface area contributed by atoms with E-state index in [4.69, 9.17) is 5.11 Å². The minimum atomic E-state index is -0.625. The highest BCUT2D eigenvalue weighted by Crippen LogP contribution is 2.35. The maximum atomic E-state index is 10.9. The molecule has 2 nitrogen and oxygen atoms in total. The van der Waals surface area contributed by atoms with Gasteiger partial charge in [-0.1, -0.05) is 64.7 Å². The van der Waals surface area contributed by atoms with Crippen molar-refractivity contribution in [3.05, 3.63) is 0 Å². The van der Waals surface area contributed by atoms with Gasteiger partial charge in [0.2, 0.25) is 0 Å². The van der Waals surface area contributed by atoms with E-state index in [2.05, 4.69) is 6.92 Å². The first-order valence-corrected chi connectivity index (χ1v) is 7.34. The molecule has 100 valence electrons. The lowest BCUT2D eigenvalue weighted by Crippen LogP contribution is -2.21. The van der Waals surface area contributed by atoms with Crippen LogP contribution in [0, 0.1) is 5.41 Å². The normalized spacial score (nSPS) is 23.4. The number of carboxylic acid groups (broad SMARTS) is 1. The van der Waals surface area contributed by atoms with E-state index in [1.807, 2.05) is 0 Å². The highest BCUT2D eigenvalue weighted by atomic mass is 16.4. The van der Waals surface area contributed by atoms with Crippen molar-refractivity contribution in [1.82, 2.24) is 0 Å². The van der Waals surface area contributed by atoms with Crippen molar-refractivity contribution < 1.29 is 9.90 Å². The van der Waals surface area contributed by atoms with Crippen LogP contribution in [0.1, 0.15) is 84.0 Å². The van der Waals surface area contributed by atoms with Crippen molar-refractivity contribution in [1.29, 1.82) is 0 Å². The molecule has 1 aliphatic carbocycles. The summed E-state index contributed by atoms with van der Waals surface area (Å²) in [6, 6.07) is 0. The largest absolute Gasteiger partial charge is 0.481 e. The molecule has 1 N–H and O–H groups in total. The summed E-state index contributed by atoms with van der Waals surface area (Å²) in [5.41, 5.74) is 0.0467. The maximum Gasteiger partial charge on any atom is 0.303 e. The first-order chi connectivity index (χ1) is 8.12. The van der Waals surface area contributed by atoms with Crippen molar-refractivity contribution in [3.63, 3.8) is 0 Å². The van der Waals surface area contributed by atoms with Crippen molar-refractivity contribution in [2.24, 2.45) is 5.41 Å². The molecule has 0 aliphatic heterocycles. The van der Waals surface area contributed by atoms with Crippen LogP contribution >= 0.6 is 0 Å². The molecule has 0 atom stereocenters. The lowest BCUT2D eigenvalue weighted by Gasteiger charge is -2.28. The zero-order chi connectivity index (χ0) is 12.6. The molecule has 0 unspecified atom stereocenters. The van der Waals surface area contributed by atoms with E-state index in [1.54, 1.807) is 0 Å². The molecule has 1 rings (SSSR count). The van der Waals surface area contributed by atoms with E-state index in [1.165, 1.54) is 57.8 Å². The Hall–Kier alpha value is -0.530. The Balaban J connectivity index is 2.44. The third kappa shape index (κ3) is 6.70. The second-order valence-corrected chi connectivity index (χ2v) is 6.06. The third-order valence-corrected chi connectivity index (χ3v) is 4.14. The molecule has 0 saturated heterocycles. The van der Waals surface area contributed by atoms with Gasteiger partial charge in [-0.15, -0.1) is 0 Å². The first-order valence-electron chi connectivity index (χ1n) is 7.34. The standard InChI is InChI=1S/C15H28O2/c1-15(13-14(16)17)11-9-7-5-3-2-4-6-8-10-12-15/h2-13H2,1H3,(H,16,17). The fraction of sp³-hybridized carbons (Fsp3) is 0.933. The second-order valence-electron chi connectivity index (χ2n) is 6.06. The number of carbonyl (C=O) groups is 1. The van der Waals surface area contributed by atoms with Crippen LogP contribution in [0.25, 0.3) is 0 Å². The Bertz CT molecular complexity index is 211. The Morgan fingerprint density at radius 3 is 1.59 bits per heavy atom. The molecule has 1 fully saturated rings. The Morgan fingerprint density at radius 1 is 0.882 bits per heavy atom. The number of rotatable bonds is 2. The maximum absolute atomic E-state index is 10.9. The predicted molar refractivity (Wildman–Crippen MR) is 71.1 cm³/mol. The van der Waals surface area contributed by atoms with Gasteiger partial charge in [-0.05, 0) is 18.3 Å². The van der Waals surface area contributed by atoms with Crippen LogP contribution < -0.4 is 0 Å². The van der Waals surface area contributed by atoms with Crippen molar-refractivity contribution in [2.45, 2.75) is 84.0 Å². The summed E-state index contributed by atoms with van der Waals surface area (Å²) in [6.45, 7) is 2.17. The average molecular weight is 240 g/mol. The summed E-state index contributed by atoms with van der Waals surface area (Å²) in [5, 5.41) is 9.02. The van der Waals surface area contributed by atoms with Gasteiger partial charge in [-0.25, -0.2) is 0 Å². The fourth-order valence-corrected chi connectivity index (χ4v) is 3.01. The summed E-state index contributed by atoms with van der Waals surface area (Å²) in [7, 11) is 0. The van der Waals surface area contributed by atoms with Crippen LogP contribution in [-0.2, 0) is 4.79 Å². The van der Waals surface area contributed by atoms with E-state index in [9.17, 15) is 4.79 Å². The Kier molecular flexibility index (Phi) is 6.61. The van der Waals surface area contributed by atoms with E-state index in [-0.39, 0.29) is 5.41 Å². The number of aliphatic carboxylic acids is 1. The quantitative estimate of drug-likeness (QED) is 0.754. The molecule has 0 aromatic rings. The fourth-order valence-electron chi connectivity index (χ4n) is 3.01. The van der Waals surface area contributed by atoms with Gasteiger partial charge in [0, 0.05) is 0 Å². The van der Waals surface area contributed by atoms with Crippen LogP contribution in [0.4, 0.5) is 0 Å². The minimum Gasteiger partial charge on any atom is -0.481 e. The molecule has 1 saturated carbocycles. The van der Waals surface area contributed by atoms with Crippen LogP contribution in [0.2, 0.25) is 0 Å². The van der Waals surface area contributed by atoms with Crippen LogP contribution in [0.15, 0.2) is 0 Å². The summed E-state index contributed by atoms with van der Waals surface area (Å²) >= 11 is 0. The molecular weight excluding hydrogens is 212 g/mol. The molecule has 0 heterocycles. The molecule has 17 heavy (non-hydrogen) atoms. The van der Waals surface area contributed by atoms with Crippen LogP contribution in [-0.4, -0.2) is 11.1 Å². The van der Waals surface area contributed by atoms with Crippen molar-refractivity contribution in [3.8, 4) is 0 Å². The highest BCUT2D eigenvalue weighted by Gasteiger charge is 2.26. The topological polar surface area (TPSA) is 37.3 Å². The van der Waals surface area contributed by atoms with Crippen molar-refractivity contribution >= 4 is 5.97 Å². The van der Waals surface area contributed by atoms with Gasteiger partial charge in [-0.2, -0.15) is 0 Å². The van der Waals surface area contributed by atoms with E-state index < -0.39 is 5.97 Å². The smallest absolute Gasteiger partial charge is 0.303 e. The summed E-state index contributed by atoms with van der Waals surface area (Å²) in [6.07, 6.45) is 14.4. The zero-order valence-corrected chi connectivity index (χ0v) is 11.3. The van der Waals surface area contributed by atoms with Gasteiger partial charge < -0.3 is 5.11 Å². The molecule has 0 amide bonds. The number of hydrogen-bond donors (Lipinski definition) is 1. The highest BCUT2D eigenvalue weighted by molar-refractivity contribution is 5.67. The first kappa shape index (κ1) is 14.5. The van der Waals surface area contributed by atoms with Gasteiger partial charge in [0.1, 0.15) is 0 Å². The van der Waals surface area contributed by atoms with E-state index in [0.717, 1.165) is 12.8 Å². The molecule has 0 spiro atoms. The lowest BCUT2D eigenvalue weighted by atomic mass is 9.77. The molecule has 0 radical (unpaired) electrons. The molecule has 0 aromatic heterocycles. The Labute approximate surface area is 106 Å². The molecule has 1 aliphatic rings. The minimum absolute atomic E-state index is 0.0467. The van der Waals surface area contributed by atoms with Gasteiger partial charge in [-0.3, -0.25) is 4.79 Å². The summed E-state index contributed by atoms with van der Waals surface area (Å²) < 4.78 is 0. The number of hydrogen-bond acceptors (Lipinski definition) is 1. The van der Waals surface area contributed by atoms with Gasteiger partial charge in [0.25, 0.3) is 0 Å². The Morgan fingerprint density at radius 2 is 1.24 bits per heavy atom. The van der Waals surface area contributed by atoms with Crippen LogP contribution in [0.5, 0.6) is 0 Å². The molecule has 0 aromatic carbocycles.